The van der Waals surface area contributed by atoms with Gasteiger partial charge in [0.25, 0.3) is 0 Å². The molecule has 2 rings (SSSR count). The molecule has 1 saturated heterocycles. The fourth-order valence-electron chi connectivity index (χ4n) is 3.46. The predicted molar refractivity (Wildman–Crippen MR) is 136 cm³/mol. The van der Waals surface area contributed by atoms with Crippen LogP contribution in [0.25, 0.3) is 0 Å². The van der Waals surface area contributed by atoms with Crippen molar-refractivity contribution in [3.63, 3.8) is 0 Å². The summed E-state index contributed by atoms with van der Waals surface area (Å²) >= 11 is 0. The van der Waals surface area contributed by atoms with E-state index in [-0.39, 0.29) is 48.4 Å². The van der Waals surface area contributed by atoms with Crippen LogP contribution in [0.15, 0.2) is 29.3 Å². The zero-order chi connectivity index (χ0) is 22.1. The van der Waals surface area contributed by atoms with Crippen LogP contribution in [0.3, 0.4) is 0 Å². The van der Waals surface area contributed by atoms with Gasteiger partial charge in [-0.05, 0) is 25.5 Å². The number of methoxy groups -OCH3 is 1. The van der Waals surface area contributed by atoms with E-state index in [0.717, 1.165) is 17.3 Å². The van der Waals surface area contributed by atoms with Gasteiger partial charge in [-0.15, -0.1) is 24.0 Å². The number of ether oxygens (including phenoxy) is 2. The highest BCUT2D eigenvalue weighted by atomic mass is 127. The fraction of sp³-hybridized carbons (Fsp3) is 0.667. The Bertz CT molecular complexity index is 796. The van der Waals surface area contributed by atoms with Gasteiger partial charge in [-0.25, -0.2) is 8.42 Å². The smallest absolute Gasteiger partial charge is 0.216 e. The summed E-state index contributed by atoms with van der Waals surface area (Å²) in [6.45, 7) is 8.99. The van der Waals surface area contributed by atoms with Crippen molar-refractivity contribution in [1.82, 2.24) is 14.5 Å². The maximum Gasteiger partial charge on any atom is 0.216 e. The van der Waals surface area contributed by atoms with Crippen LogP contribution in [0, 0.1) is 0 Å². The third-order valence-corrected chi connectivity index (χ3v) is 7.01. The third kappa shape index (κ3) is 8.39. The van der Waals surface area contributed by atoms with Gasteiger partial charge in [-0.2, -0.15) is 4.31 Å². The Morgan fingerprint density at radius 1 is 1.16 bits per heavy atom. The molecule has 1 aliphatic rings. The number of hydrogen-bond donors (Lipinski definition) is 1. The van der Waals surface area contributed by atoms with Crippen molar-refractivity contribution in [3.8, 4) is 5.75 Å². The van der Waals surface area contributed by atoms with Gasteiger partial charge >= 0.3 is 0 Å². The second-order valence-corrected chi connectivity index (χ2v) is 9.78. The van der Waals surface area contributed by atoms with Crippen LogP contribution in [0.1, 0.15) is 32.3 Å². The second kappa shape index (κ2) is 13.4. The Morgan fingerprint density at radius 2 is 1.81 bits per heavy atom. The molecule has 0 aromatic heterocycles. The molecule has 1 aromatic carbocycles. The van der Waals surface area contributed by atoms with E-state index in [9.17, 15) is 8.42 Å². The number of halogens is 1. The summed E-state index contributed by atoms with van der Waals surface area (Å²) in [5.74, 6) is 1.92. The number of nitrogens with zero attached hydrogens (tertiary/aromatic N) is 3. The van der Waals surface area contributed by atoms with Crippen molar-refractivity contribution < 1.29 is 17.9 Å². The summed E-state index contributed by atoms with van der Waals surface area (Å²) in [5.41, 5.74) is 1.14. The lowest BCUT2D eigenvalue weighted by Gasteiger charge is -2.36. The van der Waals surface area contributed by atoms with Gasteiger partial charge < -0.3 is 19.7 Å². The average molecular weight is 569 g/mol. The molecule has 8 nitrogen and oxygen atoms in total. The summed E-state index contributed by atoms with van der Waals surface area (Å²) in [5, 5.41) is 3.42. The largest absolute Gasteiger partial charge is 0.496 e. The van der Waals surface area contributed by atoms with Gasteiger partial charge in [0.05, 0.1) is 25.6 Å². The maximum absolute atomic E-state index is 12.5. The zero-order valence-corrected chi connectivity index (χ0v) is 22.4. The number of sulfonamides is 1. The number of hydrogen-bond acceptors (Lipinski definition) is 5. The van der Waals surface area contributed by atoms with Crippen molar-refractivity contribution in [2.75, 3.05) is 59.2 Å². The van der Waals surface area contributed by atoms with Gasteiger partial charge in [0.1, 0.15) is 5.75 Å². The van der Waals surface area contributed by atoms with E-state index in [1.54, 1.807) is 18.5 Å². The van der Waals surface area contributed by atoms with E-state index >= 15 is 0 Å². The standard InChI is InChI=1S/C21H36N4O4S.HI/c1-17(2)29-14-15-30(26,27)25-12-10-24(11-13-25)21(22-4)23-16-18(3)19-8-6-7-9-20(19)28-5;/h6-9,17-18H,10-16H2,1-5H3,(H,22,23);1H. The van der Waals surface area contributed by atoms with E-state index in [1.165, 1.54) is 0 Å². The lowest BCUT2D eigenvalue weighted by Crippen LogP contribution is -2.54. The maximum atomic E-state index is 12.5. The normalized spacial score (nSPS) is 16.7. The minimum absolute atomic E-state index is 0. The van der Waals surface area contributed by atoms with E-state index < -0.39 is 10.0 Å². The highest BCUT2D eigenvalue weighted by molar-refractivity contribution is 14.0. The summed E-state index contributed by atoms with van der Waals surface area (Å²) in [7, 11) is 0.137. The van der Waals surface area contributed by atoms with Crippen LogP contribution in [0.2, 0.25) is 0 Å². The zero-order valence-electron chi connectivity index (χ0n) is 19.2. The number of guanidine groups is 1. The number of benzene rings is 1. The van der Waals surface area contributed by atoms with Crippen LogP contribution >= 0.6 is 24.0 Å². The minimum atomic E-state index is -3.30. The molecule has 1 fully saturated rings. The molecular formula is C21H37IN4O4S. The van der Waals surface area contributed by atoms with Crippen molar-refractivity contribution in [2.24, 2.45) is 4.99 Å². The van der Waals surface area contributed by atoms with Crippen LogP contribution in [0.5, 0.6) is 5.75 Å². The number of para-hydroxylation sites is 1. The van der Waals surface area contributed by atoms with Gasteiger partial charge in [-0.3, -0.25) is 4.99 Å². The Labute approximate surface area is 204 Å². The average Bonchev–Trinajstić information content (AvgIpc) is 2.74. The molecule has 10 heteroatoms. The molecule has 1 aliphatic heterocycles. The lowest BCUT2D eigenvalue weighted by atomic mass is 10.0. The number of rotatable bonds is 9. The van der Waals surface area contributed by atoms with Crippen molar-refractivity contribution in [3.05, 3.63) is 29.8 Å². The topological polar surface area (TPSA) is 83.5 Å². The molecule has 178 valence electrons. The molecule has 1 heterocycles. The highest BCUT2D eigenvalue weighted by Gasteiger charge is 2.28. The summed E-state index contributed by atoms with van der Waals surface area (Å²) < 4.78 is 37.4. The monoisotopic (exact) mass is 568 g/mol. The van der Waals surface area contributed by atoms with Crippen LogP contribution in [0.4, 0.5) is 0 Å². The van der Waals surface area contributed by atoms with Crippen molar-refractivity contribution >= 4 is 40.0 Å². The summed E-state index contributed by atoms with van der Waals surface area (Å²) in [4.78, 5) is 6.49. The molecule has 0 amide bonds. The molecule has 0 saturated carbocycles. The van der Waals surface area contributed by atoms with Gasteiger partial charge in [0.2, 0.25) is 10.0 Å². The first kappa shape index (κ1) is 27.9. The third-order valence-electron chi connectivity index (χ3n) is 5.17. The molecular weight excluding hydrogens is 531 g/mol. The van der Waals surface area contributed by atoms with Gasteiger partial charge in [-0.1, -0.05) is 25.1 Å². The number of piperazine rings is 1. The first-order valence-electron chi connectivity index (χ1n) is 10.5. The predicted octanol–water partition coefficient (Wildman–Crippen LogP) is 2.36. The van der Waals surface area contributed by atoms with Crippen LogP contribution in [-0.2, 0) is 14.8 Å². The van der Waals surface area contributed by atoms with Gasteiger partial charge in [0, 0.05) is 45.7 Å². The molecule has 31 heavy (non-hydrogen) atoms. The van der Waals surface area contributed by atoms with Crippen molar-refractivity contribution in [1.29, 1.82) is 0 Å². The lowest BCUT2D eigenvalue weighted by molar-refractivity contribution is 0.0904. The van der Waals surface area contributed by atoms with E-state index in [0.29, 0.717) is 32.7 Å². The molecule has 0 aliphatic carbocycles. The fourth-order valence-corrected chi connectivity index (χ4v) is 4.74. The Balaban J connectivity index is 0.00000480. The van der Waals surface area contributed by atoms with Crippen LogP contribution < -0.4 is 10.1 Å². The van der Waals surface area contributed by atoms with Crippen LogP contribution in [-0.4, -0.2) is 88.9 Å². The number of nitrogens with one attached hydrogen (secondary N) is 1. The number of aliphatic imine (C=N–C) groups is 1. The molecule has 1 atom stereocenters. The van der Waals surface area contributed by atoms with E-state index in [2.05, 4.69) is 28.2 Å². The molecule has 1 unspecified atom stereocenters. The Hall–Kier alpha value is -1.11. The molecule has 0 bridgehead atoms. The van der Waals surface area contributed by atoms with E-state index in [4.69, 9.17) is 9.47 Å². The SMILES string of the molecule is CN=C(NCC(C)c1ccccc1OC)N1CCN(S(=O)(=O)CCOC(C)C)CC1.I. The van der Waals surface area contributed by atoms with Crippen molar-refractivity contribution in [2.45, 2.75) is 32.8 Å². The quantitative estimate of drug-likeness (QED) is 0.280. The van der Waals surface area contributed by atoms with E-state index in [1.807, 2.05) is 32.0 Å². The Kier molecular flexibility index (Phi) is 12.1. The summed E-state index contributed by atoms with van der Waals surface area (Å²) in [6.07, 6.45) is 0.0321. The second-order valence-electron chi connectivity index (χ2n) is 7.69. The molecule has 1 aromatic rings. The molecule has 0 radical (unpaired) electrons. The molecule has 0 spiro atoms. The first-order valence-corrected chi connectivity index (χ1v) is 12.1. The first-order chi connectivity index (χ1) is 14.3. The summed E-state index contributed by atoms with van der Waals surface area (Å²) in [6, 6.07) is 8.01. The minimum Gasteiger partial charge on any atom is -0.496 e. The molecule has 1 N–H and O–H groups in total. The highest BCUT2D eigenvalue weighted by Crippen LogP contribution is 2.25. The van der Waals surface area contributed by atoms with Gasteiger partial charge in [0.15, 0.2) is 5.96 Å². The Morgan fingerprint density at radius 3 is 2.39 bits per heavy atom.